The molecular formula is C11H18O2. The van der Waals surface area contributed by atoms with E-state index >= 15 is 0 Å². The summed E-state index contributed by atoms with van der Waals surface area (Å²) in [5, 5.41) is 10.4. The van der Waals surface area contributed by atoms with E-state index in [0.29, 0.717) is 5.92 Å². The standard InChI is InChI=1S/C11H18O2/c12-11(6-2-1-3-7-11)10-4-8-13-9-5-10/h2,6,10,12H,1,3-5,7-9H2. The largest absolute Gasteiger partial charge is 0.386 e. The minimum absolute atomic E-state index is 0.429. The number of ether oxygens (including phenoxy) is 1. The molecule has 0 aromatic heterocycles. The first kappa shape index (κ1) is 9.22. The maximum atomic E-state index is 10.4. The van der Waals surface area contributed by atoms with Gasteiger partial charge in [-0.15, -0.1) is 0 Å². The normalized spacial score (nSPS) is 36.4. The molecule has 13 heavy (non-hydrogen) atoms. The molecule has 0 radical (unpaired) electrons. The van der Waals surface area contributed by atoms with E-state index in [2.05, 4.69) is 6.08 Å². The van der Waals surface area contributed by atoms with Gasteiger partial charge in [-0.25, -0.2) is 0 Å². The van der Waals surface area contributed by atoms with Crippen LogP contribution in [-0.4, -0.2) is 23.9 Å². The molecule has 1 atom stereocenters. The van der Waals surface area contributed by atoms with Gasteiger partial charge >= 0.3 is 0 Å². The highest BCUT2D eigenvalue weighted by Crippen LogP contribution is 2.35. The van der Waals surface area contributed by atoms with Crippen LogP contribution < -0.4 is 0 Å². The Balaban J connectivity index is 2.03. The molecule has 2 rings (SSSR count). The number of allylic oxidation sites excluding steroid dienone is 1. The first-order chi connectivity index (χ1) is 6.31. The van der Waals surface area contributed by atoms with Crippen LogP contribution in [0.25, 0.3) is 0 Å². The summed E-state index contributed by atoms with van der Waals surface area (Å²) in [5.74, 6) is 0.429. The smallest absolute Gasteiger partial charge is 0.0857 e. The molecule has 0 saturated carbocycles. The molecule has 1 fully saturated rings. The van der Waals surface area contributed by atoms with Crippen molar-refractivity contribution in [3.05, 3.63) is 12.2 Å². The third kappa shape index (κ3) is 1.94. The summed E-state index contributed by atoms with van der Waals surface area (Å²) in [5.41, 5.74) is -0.512. The zero-order valence-corrected chi connectivity index (χ0v) is 8.04. The van der Waals surface area contributed by atoms with Gasteiger partial charge in [0.05, 0.1) is 5.60 Å². The van der Waals surface area contributed by atoms with E-state index in [4.69, 9.17) is 4.74 Å². The Morgan fingerprint density at radius 1 is 1.31 bits per heavy atom. The molecule has 1 saturated heterocycles. The Labute approximate surface area is 79.6 Å². The molecule has 1 aliphatic heterocycles. The lowest BCUT2D eigenvalue weighted by atomic mass is 9.76. The van der Waals surface area contributed by atoms with Gasteiger partial charge in [-0.1, -0.05) is 12.2 Å². The van der Waals surface area contributed by atoms with Crippen LogP contribution in [0.5, 0.6) is 0 Å². The fourth-order valence-corrected chi connectivity index (χ4v) is 2.41. The van der Waals surface area contributed by atoms with Crippen molar-refractivity contribution in [2.24, 2.45) is 5.92 Å². The summed E-state index contributed by atoms with van der Waals surface area (Å²) < 4.78 is 5.30. The van der Waals surface area contributed by atoms with Crippen LogP contribution >= 0.6 is 0 Å². The van der Waals surface area contributed by atoms with Crippen molar-refractivity contribution in [3.8, 4) is 0 Å². The van der Waals surface area contributed by atoms with Gasteiger partial charge in [0.15, 0.2) is 0 Å². The second-order valence-electron chi connectivity index (χ2n) is 4.17. The van der Waals surface area contributed by atoms with E-state index in [-0.39, 0.29) is 0 Å². The zero-order valence-electron chi connectivity index (χ0n) is 8.04. The van der Waals surface area contributed by atoms with Crippen molar-refractivity contribution in [2.75, 3.05) is 13.2 Å². The van der Waals surface area contributed by atoms with Gasteiger partial charge < -0.3 is 9.84 Å². The van der Waals surface area contributed by atoms with E-state index in [1.54, 1.807) is 0 Å². The second-order valence-corrected chi connectivity index (χ2v) is 4.17. The van der Waals surface area contributed by atoms with Crippen LogP contribution in [0.1, 0.15) is 32.1 Å². The first-order valence-electron chi connectivity index (χ1n) is 5.29. The summed E-state index contributed by atoms with van der Waals surface area (Å²) in [7, 11) is 0. The van der Waals surface area contributed by atoms with Crippen LogP contribution in [-0.2, 0) is 4.74 Å². The first-order valence-corrected chi connectivity index (χ1v) is 5.29. The van der Waals surface area contributed by atoms with Gasteiger partial charge in [-0.3, -0.25) is 0 Å². The molecule has 0 bridgehead atoms. The van der Waals surface area contributed by atoms with E-state index in [1.165, 1.54) is 0 Å². The van der Waals surface area contributed by atoms with Crippen molar-refractivity contribution in [3.63, 3.8) is 0 Å². The number of rotatable bonds is 1. The lowest BCUT2D eigenvalue weighted by Crippen LogP contribution is -2.40. The fourth-order valence-electron chi connectivity index (χ4n) is 2.41. The third-order valence-corrected chi connectivity index (χ3v) is 3.28. The lowest BCUT2D eigenvalue weighted by Gasteiger charge is -2.37. The average molecular weight is 182 g/mol. The Kier molecular flexibility index (Phi) is 2.70. The SMILES string of the molecule is OC1(C2CCOCC2)C=CCCC1. The summed E-state index contributed by atoms with van der Waals surface area (Å²) in [6.07, 6.45) is 9.37. The van der Waals surface area contributed by atoms with Crippen LogP contribution in [0, 0.1) is 5.92 Å². The second kappa shape index (κ2) is 3.81. The monoisotopic (exact) mass is 182 g/mol. The van der Waals surface area contributed by atoms with Crippen molar-refractivity contribution in [1.82, 2.24) is 0 Å². The molecule has 0 spiro atoms. The van der Waals surface area contributed by atoms with Gasteiger partial charge in [0.1, 0.15) is 0 Å². The third-order valence-electron chi connectivity index (χ3n) is 3.28. The van der Waals surface area contributed by atoms with Gasteiger partial charge in [0, 0.05) is 13.2 Å². The van der Waals surface area contributed by atoms with Gasteiger partial charge in [-0.05, 0) is 38.0 Å². The molecule has 1 aliphatic carbocycles. The molecule has 1 N–H and O–H groups in total. The van der Waals surface area contributed by atoms with Crippen molar-refractivity contribution in [1.29, 1.82) is 0 Å². The fraction of sp³-hybridized carbons (Fsp3) is 0.818. The Hall–Kier alpha value is -0.340. The maximum absolute atomic E-state index is 10.4. The van der Waals surface area contributed by atoms with Crippen LogP contribution in [0.3, 0.4) is 0 Å². The van der Waals surface area contributed by atoms with E-state index in [1.807, 2.05) is 6.08 Å². The molecule has 2 aliphatic rings. The average Bonchev–Trinajstić information content (AvgIpc) is 2.20. The van der Waals surface area contributed by atoms with Gasteiger partial charge in [-0.2, -0.15) is 0 Å². The Bertz CT molecular complexity index is 194. The molecule has 0 aromatic carbocycles. The summed E-state index contributed by atoms with van der Waals surface area (Å²) in [4.78, 5) is 0. The predicted molar refractivity (Wildman–Crippen MR) is 51.5 cm³/mol. The van der Waals surface area contributed by atoms with Crippen LogP contribution in [0.2, 0.25) is 0 Å². The number of hydrogen-bond acceptors (Lipinski definition) is 2. The van der Waals surface area contributed by atoms with Crippen LogP contribution in [0.15, 0.2) is 12.2 Å². The van der Waals surface area contributed by atoms with Gasteiger partial charge in [0.25, 0.3) is 0 Å². The number of aliphatic hydroxyl groups is 1. The highest BCUT2D eigenvalue weighted by Gasteiger charge is 2.35. The Morgan fingerprint density at radius 3 is 2.69 bits per heavy atom. The van der Waals surface area contributed by atoms with Crippen LogP contribution in [0.4, 0.5) is 0 Å². The zero-order chi connectivity index (χ0) is 9.15. The topological polar surface area (TPSA) is 29.5 Å². The summed E-state index contributed by atoms with van der Waals surface area (Å²) in [6.45, 7) is 1.64. The quantitative estimate of drug-likeness (QED) is 0.627. The molecular weight excluding hydrogens is 164 g/mol. The highest BCUT2D eigenvalue weighted by atomic mass is 16.5. The minimum atomic E-state index is -0.512. The minimum Gasteiger partial charge on any atom is -0.386 e. The maximum Gasteiger partial charge on any atom is 0.0857 e. The predicted octanol–water partition coefficient (Wildman–Crippen LogP) is 1.88. The number of hydrogen-bond donors (Lipinski definition) is 1. The van der Waals surface area contributed by atoms with Crippen molar-refractivity contribution in [2.45, 2.75) is 37.7 Å². The van der Waals surface area contributed by atoms with E-state index in [0.717, 1.165) is 45.3 Å². The van der Waals surface area contributed by atoms with Crippen molar-refractivity contribution >= 4 is 0 Å². The Morgan fingerprint density at radius 2 is 2.08 bits per heavy atom. The molecule has 2 nitrogen and oxygen atoms in total. The van der Waals surface area contributed by atoms with E-state index < -0.39 is 5.60 Å². The molecule has 0 aromatic rings. The van der Waals surface area contributed by atoms with Crippen molar-refractivity contribution < 1.29 is 9.84 Å². The van der Waals surface area contributed by atoms with E-state index in [9.17, 15) is 5.11 Å². The highest BCUT2D eigenvalue weighted by molar-refractivity contribution is 5.08. The summed E-state index contributed by atoms with van der Waals surface area (Å²) in [6, 6.07) is 0. The van der Waals surface area contributed by atoms with Gasteiger partial charge in [0.2, 0.25) is 0 Å². The lowest BCUT2D eigenvalue weighted by molar-refractivity contribution is -0.0423. The molecule has 1 unspecified atom stereocenters. The summed E-state index contributed by atoms with van der Waals surface area (Å²) >= 11 is 0. The molecule has 1 heterocycles. The molecule has 2 heteroatoms. The molecule has 0 amide bonds. The molecule has 74 valence electrons.